The third kappa shape index (κ3) is 3.18. The zero-order valence-corrected chi connectivity index (χ0v) is 11.9. The molecule has 0 spiro atoms. The van der Waals surface area contributed by atoms with Gasteiger partial charge in [0, 0.05) is 8.95 Å². The Morgan fingerprint density at radius 2 is 1.82 bits per heavy atom. The fraction of sp³-hybridized carbons (Fsp3) is 0. The lowest BCUT2D eigenvalue weighted by Gasteiger charge is -2.09. The summed E-state index contributed by atoms with van der Waals surface area (Å²) in [7, 11) is 0. The number of nitrogens with two attached hydrogens (primary N) is 1. The first-order chi connectivity index (χ1) is 8.19. The van der Waals surface area contributed by atoms with Crippen molar-refractivity contribution >= 4 is 49.2 Å². The minimum absolute atomic E-state index is 0.612. The second-order valence-electron chi connectivity index (χ2n) is 3.30. The summed E-state index contributed by atoms with van der Waals surface area (Å²) in [6, 6.07) is 11.4. The summed E-state index contributed by atoms with van der Waals surface area (Å²) in [5, 5.41) is 3.20. The average molecular weight is 358 g/mol. The minimum atomic E-state index is 0.612. The first kappa shape index (κ1) is 12.3. The molecule has 0 bridgehead atoms. The lowest BCUT2D eigenvalue weighted by molar-refractivity contribution is 1.22. The highest BCUT2D eigenvalue weighted by Gasteiger charge is 2.02. The molecule has 0 fully saturated rings. The number of halogens is 2. The molecule has 0 aliphatic heterocycles. The van der Waals surface area contributed by atoms with Gasteiger partial charge in [0.1, 0.15) is 11.6 Å². The quantitative estimate of drug-likeness (QED) is 0.579. The molecule has 0 amide bonds. The van der Waals surface area contributed by atoms with Crippen LogP contribution in [0.2, 0.25) is 0 Å². The largest absolute Gasteiger partial charge is 0.339 e. The summed E-state index contributed by atoms with van der Waals surface area (Å²) in [5.41, 5.74) is 3.44. The Bertz CT molecular complexity index is 531. The number of aromatic nitrogens is 1. The number of nitrogen functional groups attached to an aromatic ring is 1. The number of nitrogens with zero attached hydrogens (tertiary/aromatic N) is 1. The maximum absolute atomic E-state index is 5.31. The molecule has 0 atom stereocenters. The number of rotatable bonds is 3. The third-order valence-corrected chi connectivity index (χ3v) is 3.27. The van der Waals surface area contributed by atoms with E-state index in [-0.39, 0.29) is 0 Å². The van der Waals surface area contributed by atoms with Crippen LogP contribution in [-0.4, -0.2) is 4.98 Å². The van der Waals surface area contributed by atoms with Gasteiger partial charge in [-0.3, -0.25) is 0 Å². The number of pyridine rings is 1. The molecule has 0 aliphatic rings. The van der Waals surface area contributed by atoms with Gasteiger partial charge in [-0.1, -0.05) is 22.0 Å². The number of hydrazine groups is 1. The first-order valence-corrected chi connectivity index (χ1v) is 6.43. The lowest BCUT2D eigenvalue weighted by Crippen LogP contribution is -2.09. The molecule has 88 valence electrons. The SMILES string of the molecule is NNc1cccc(Nc2cc(Br)ccc2Br)n1. The van der Waals surface area contributed by atoms with Gasteiger partial charge in [-0.25, -0.2) is 10.8 Å². The molecule has 0 saturated heterocycles. The van der Waals surface area contributed by atoms with Gasteiger partial charge in [-0.15, -0.1) is 0 Å². The molecule has 0 aliphatic carbocycles. The van der Waals surface area contributed by atoms with E-state index in [0.717, 1.165) is 20.5 Å². The van der Waals surface area contributed by atoms with Gasteiger partial charge < -0.3 is 10.7 Å². The van der Waals surface area contributed by atoms with Gasteiger partial charge in [0.15, 0.2) is 0 Å². The predicted molar refractivity (Wildman–Crippen MR) is 77.2 cm³/mol. The van der Waals surface area contributed by atoms with Crippen molar-refractivity contribution in [3.63, 3.8) is 0 Å². The van der Waals surface area contributed by atoms with Crippen molar-refractivity contribution in [3.05, 3.63) is 45.3 Å². The van der Waals surface area contributed by atoms with Crippen LogP contribution in [0.5, 0.6) is 0 Å². The van der Waals surface area contributed by atoms with Crippen molar-refractivity contribution in [3.8, 4) is 0 Å². The minimum Gasteiger partial charge on any atom is -0.339 e. The van der Waals surface area contributed by atoms with Gasteiger partial charge in [-0.05, 0) is 46.3 Å². The molecule has 1 aromatic carbocycles. The lowest BCUT2D eigenvalue weighted by atomic mass is 10.3. The zero-order chi connectivity index (χ0) is 12.3. The van der Waals surface area contributed by atoms with Crippen LogP contribution in [-0.2, 0) is 0 Å². The van der Waals surface area contributed by atoms with Crippen LogP contribution in [0, 0.1) is 0 Å². The van der Waals surface area contributed by atoms with Crippen LogP contribution < -0.4 is 16.6 Å². The van der Waals surface area contributed by atoms with E-state index >= 15 is 0 Å². The number of anilines is 3. The van der Waals surface area contributed by atoms with Crippen molar-refractivity contribution in [2.75, 3.05) is 10.7 Å². The molecular formula is C11H10Br2N4. The molecule has 0 saturated carbocycles. The van der Waals surface area contributed by atoms with E-state index in [1.165, 1.54) is 0 Å². The van der Waals surface area contributed by atoms with Crippen LogP contribution in [0.4, 0.5) is 17.3 Å². The topological polar surface area (TPSA) is 63.0 Å². The smallest absolute Gasteiger partial charge is 0.142 e. The van der Waals surface area contributed by atoms with Crippen LogP contribution in [0.3, 0.4) is 0 Å². The summed E-state index contributed by atoms with van der Waals surface area (Å²) in [4.78, 5) is 4.27. The maximum atomic E-state index is 5.31. The maximum Gasteiger partial charge on any atom is 0.142 e. The molecule has 1 heterocycles. The molecule has 4 nitrogen and oxygen atoms in total. The van der Waals surface area contributed by atoms with Crippen LogP contribution in [0.1, 0.15) is 0 Å². The van der Waals surface area contributed by atoms with Crippen molar-refractivity contribution < 1.29 is 0 Å². The van der Waals surface area contributed by atoms with Crippen molar-refractivity contribution in [2.45, 2.75) is 0 Å². The molecule has 0 radical (unpaired) electrons. The Kier molecular flexibility index (Phi) is 3.98. The highest BCUT2D eigenvalue weighted by Crippen LogP contribution is 2.28. The summed E-state index contributed by atoms with van der Waals surface area (Å²) >= 11 is 6.90. The predicted octanol–water partition coefficient (Wildman–Crippen LogP) is 3.64. The Hall–Kier alpha value is -1.11. The van der Waals surface area contributed by atoms with Gasteiger partial charge in [0.2, 0.25) is 0 Å². The molecule has 17 heavy (non-hydrogen) atoms. The van der Waals surface area contributed by atoms with E-state index in [9.17, 15) is 0 Å². The fourth-order valence-electron chi connectivity index (χ4n) is 1.32. The van der Waals surface area contributed by atoms with Crippen molar-refractivity contribution in [2.24, 2.45) is 5.84 Å². The zero-order valence-electron chi connectivity index (χ0n) is 8.74. The van der Waals surface area contributed by atoms with Crippen molar-refractivity contribution in [1.82, 2.24) is 4.98 Å². The molecule has 2 rings (SSSR count). The molecule has 4 N–H and O–H groups in total. The number of hydrogen-bond donors (Lipinski definition) is 3. The van der Waals surface area contributed by atoms with E-state index in [0.29, 0.717) is 5.82 Å². The third-order valence-electron chi connectivity index (χ3n) is 2.09. The van der Waals surface area contributed by atoms with Crippen molar-refractivity contribution in [1.29, 1.82) is 0 Å². The van der Waals surface area contributed by atoms with Crippen LogP contribution in [0.15, 0.2) is 45.3 Å². The highest BCUT2D eigenvalue weighted by molar-refractivity contribution is 9.11. The molecule has 6 heteroatoms. The summed E-state index contributed by atoms with van der Waals surface area (Å²) in [6.07, 6.45) is 0. The van der Waals surface area contributed by atoms with Gasteiger partial charge >= 0.3 is 0 Å². The van der Waals surface area contributed by atoms with Gasteiger partial charge in [-0.2, -0.15) is 0 Å². The van der Waals surface area contributed by atoms with E-state index in [1.54, 1.807) is 6.07 Å². The normalized spacial score (nSPS) is 10.1. The second kappa shape index (κ2) is 5.48. The second-order valence-corrected chi connectivity index (χ2v) is 5.07. The van der Waals surface area contributed by atoms with Crippen LogP contribution in [0.25, 0.3) is 0 Å². The number of nitrogens with one attached hydrogen (secondary N) is 2. The standard InChI is InChI=1S/C11H10Br2N4/c12-7-4-5-8(13)9(6-7)15-10-2-1-3-11(16-10)17-14/h1-6H,14H2,(H2,15,16,17). The van der Waals surface area contributed by atoms with Crippen LogP contribution >= 0.6 is 31.9 Å². The molecule has 1 aromatic heterocycles. The average Bonchev–Trinajstić information content (AvgIpc) is 2.34. The fourth-order valence-corrected chi connectivity index (χ4v) is 2.02. The Balaban J connectivity index is 2.27. The highest BCUT2D eigenvalue weighted by atomic mass is 79.9. The van der Waals surface area contributed by atoms with Gasteiger partial charge in [0.05, 0.1) is 5.69 Å². The molecule has 2 aromatic rings. The Labute approximate surface area is 116 Å². The number of benzene rings is 1. The summed E-state index contributed by atoms with van der Waals surface area (Å²) in [6.45, 7) is 0. The molecular weight excluding hydrogens is 348 g/mol. The summed E-state index contributed by atoms with van der Waals surface area (Å²) < 4.78 is 1.96. The van der Waals surface area contributed by atoms with E-state index in [4.69, 9.17) is 5.84 Å². The van der Waals surface area contributed by atoms with E-state index in [1.807, 2.05) is 30.3 Å². The molecule has 0 unspecified atom stereocenters. The first-order valence-electron chi connectivity index (χ1n) is 4.85. The monoisotopic (exact) mass is 356 g/mol. The number of hydrogen-bond acceptors (Lipinski definition) is 4. The van der Waals surface area contributed by atoms with E-state index in [2.05, 4.69) is 47.6 Å². The summed E-state index contributed by atoms with van der Waals surface area (Å²) in [5.74, 6) is 6.64. The Morgan fingerprint density at radius 1 is 1.06 bits per heavy atom. The van der Waals surface area contributed by atoms with Gasteiger partial charge in [0.25, 0.3) is 0 Å². The Morgan fingerprint density at radius 3 is 2.59 bits per heavy atom. The van der Waals surface area contributed by atoms with E-state index < -0.39 is 0 Å².